The van der Waals surface area contributed by atoms with E-state index in [2.05, 4.69) is 4.98 Å². The van der Waals surface area contributed by atoms with E-state index in [1.54, 1.807) is 19.9 Å². The number of Topliss-reactive ketones (excluding diaryl/α,β-unsaturated/α-hetero) is 1. The third kappa shape index (κ3) is 3.18. The highest BCUT2D eigenvalue weighted by Crippen LogP contribution is 2.21. The highest BCUT2D eigenvalue weighted by Gasteiger charge is 2.28. The number of hydrogen-bond acceptors (Lipinski definition) is 6. The van der Waals surface area contributed by atoms with E-state index in [-0.39, 0.29) is 11.5 Å². The Balaban J connectivity index is 2.20. The number of rotatable bonds is 5. The minimum absolute atomic E-state index is 0.0132. The summed E-state index contributed by atoms with van der Waals surface area (Å²) < 4.78 is 14.7. The van der Waals surface area contributed by atoms with Crippen LogP contribution in [0.2, 0.25) is 0 Å². The van der Waals surface area contributed by atoms with Gasteiger partial charge in [0.15, 0.2) is 6.10 Å². The fourth-order valence-corrected chi connectivity index (χ4v) is 2.27. The number of ether oxygens (including phenoxy) is 2. The van der Waals surface area contributed by atoms with Crippen LogP contribution < -0.4 is 0 Å². The molecule has 1 atom stereocenters. The van der Waals surface area contributed by atoms with Gasteiger partial charge in [-0.3, -0.25) is 4.79 Å². The summed E-state index contributed by atoms with van der Waals surface area (Å²) in [4.78, 5) is 38.9. The van der Waals surface area contributed by atoms with Gasteiger partial charge in [0.05, 0.1) is 24.6 Å². The molecule has 0 saturated heterocycles. The van der Waals surface area contributed by atoms with Gasteiger partial charge in [0, 0.05) is 5.69 Å². The molecule has 122 valence electrons. The SMILES string of the molecule is COC(=O)c1c(C)[nH]c(C(=O)[C@@H](C)OC(=O)c2ccco2)c1C. The summed E-state index contributed by atoms with van der Waals surface area (Å²) >= 11 is 0. The highest BCUT2D eigenvalue weighted by atomic mass is 16.6. The zero-order valence-electron chi connectivity index (χ0n) is 13.3. The number of aromatic nitrogens is 1. The van der Waals surface area contributed by atoms with Crippen LogP contribution in [-0.4, -0.2) is 35.9 Å². The lowest BCUT2D eigenvalue weighted by Gasteiger charge is -2.11. The van der Waals surface area contributed by atoms with Crippen LogP contribution in [0, 0.1) is 13.8 Å². The average molecular weight is 319 g/mol. The Kier molecular flexibility index (Phi) is 4.68. The Labute approximate surface area is 132 Å². The van der Waals surface area contributed by atoms with Gasteiger partial charge in [-0.1, -0.05) is 0 Å². The average Bonchev–Trinajstić information content (AvgIpc) is 3.14. The Morgan fingerprint density at radius 1 is 1.22 bits per heavy atom. The van der Waals surface area contributed by atoms with Crippen LogP contribution in [-0.2, 0) is 9.47 Å². The Bertz CT molecular complexity index is 741. The third-order valence-electron chi connectivity index (χ3n) is 3.45. The number of furan rings is 1. The quantitative estimate of drug-likeness (QED) is 0.671. The van der Waals surface area contributed by atoms with Crippen LogP contribution in [0.5, 0.6) is 0 Å². The number of carbonyl (C=O) groups excluding carboxylic acids is 3. The molecule has 0 amide bonds. The Morgan fingerprint density at radius 2 is 1.91 bits per heavy atom. The van der Waals surface area contributed by atoms with Gasteiger partial charge in [0.2, 0.25) is 11.5 Å². The first-order valence-corrected chi connectivity index (χ1v) is 6.93. The number of carbonyl (C=O) groups is 3. The van der Waals surface area contributed by atoms with E-state index >= 15 is 0 Å². The van der Waals surface area contributed by atoms with E-state index in [4.69, 9.17) is 13.9 Å². The molecule has 0 bridgehead atoms. The molecule has 2 aromatic rings. The Morgan fingerprint density at radius 3 is 2.48 bits per heavy atom. The van der Waals surface area contributed by atoms with Crippen molar-refractivity contribution in [3.05, 3.63) is 46.7 Å². The lowest BCUT2D eigenvalue weighted by Crippen LogP contribution is -2.25. The zero-order chi connectivity index (χ0) is 17.1. The van der Waals surface area contributed by atoms with Crippen molar-refractivity contribution >= 4 is 17.7 Å². The number of nitrogens with one attached hydrogen (secondary N) is 1. The lowest BCUT2D eigenvalue weighted by molar-refractivity contribution is 0.0287. The molecule has 0 radical (unpaired) electrons. The molecule has 0 fully saturated rings. The predicted octanol–water partition coefficient (Wildman–Crippen LogP) is 2.44. The topological polar surface area (TPSA) is 98.6 Å². The Hall–Kier alpha value is -2.83. The van der Waals surface area contributed by atoms with Crippen molar-refractivity contribution in [1.82, 2.24) is 4.98 Å². The van der Waals surface area contributed by atoms with Crippen LogP contribution in [0.25, 0.3) is 0 Å². The first-order chi connectivity index (χ1) is 10.9. The van der Waals surface area contributed by atoms with Gasteiger partial charge in [0.1, 0.15) is 0 Å². The van der Waals surface area contributed by atoms with Crippen molar-refractivity contribution in [3.8, 4) is 0 Å². The number of aryl methyl sites for hydroxylation is 1. The van der Waals surface area contributed by atoms with Crippen molar-refractivity contribution in [2.45, 2.75) is 26.9 Å². The van der Waals surface area contributed by atoms with Crippen molar-refractivity contribution in [2.75, 3.05) is 7.11 Å². The molecule has 0 aromatic carbocycles. The van der Waals surface area contributed by atoms with Crippen LogP contribution >= 0.6 is 0 Å². The number of aromatic amines is 1. The minimum Gasteiger partial charge on any atom is -0.465 e. The fraction of sp³-hybridized carbons (Fsp3) is 0.312. The van der Waals surface area contributed by atoms with E-state index in [0.717, 1.165) is 0 Å². The second-order valence-electron chi connectivity index (χ2n) is 5.01. The van der Waals surface area contributed by atoms with Crippen LogP contribution in [0.3, 0.4) is 0 Å². The maximum atomic E-state index is 12.5. The van der Waals surface area contributed by atoms with Crippen LogP contribution in [0.15, 0.2) is 22.8 Å². The van der Waals surface area contributed by atoms with Crippen LogP contribution in [0.4, 0.5) is 0 Å². The molecule has 0 unspecified atom stereocenters. The molecule has 23 heavy (non-hydrogen) atoms. The molecule has 2 aromatic heterocycles. The molecule has 0 saturated carbocycles. The summed E-state index contributed by atoms with van der Waals surface area (Å²) in [5.41, 5.74) is 1.49. The summed E-state index contributed by atoms with van der Waals surface area (Å²) in [5, 5.41) is 0. The maximum Gasteiger partial charge on any atom is 0.374 e. The van der Waals surface area contributed by atoms with Gasteiger partial charge in [-0.25, -0.2) is 9.59 Å². The number of ketones is 1. The van der Waals surface area contributed by atoms with Gasteiger partial charge in [0.25, 0.3) is 0 Å². The van der Waals surface area contributed by atoms with Gasteiger partial charge in [-0.15, -0.1) is 0 Å². The number of hydrogen-bond donors (Lipinski definition) is 1. The molecule has 7 heteroatoms. The molecule has 0 aliphatic rings. The van der Waals surface area contributed by atoms with Crippen molar-refractivity contribution in [3.63, 3.8) is 0 Å². The molecular formula is C16H17NO6. The maximum absolute atomic E-state index is 12.5. The summed E-state index contributed by atoms with van der Waals surface area (Å²) in [5.74, 6) is -1.69. The van der Waals surface area contributed by atoms with E-state index < -0.39 is 23.8 Å². The molecule has 7 nitrogen and oxygen atoms in total. The predicted molar refractivity (Wildman–Crippen MR) is 79.5 cm³/mol. The summed E-state index contributed by atoms with van der Waals surface area (Å²) in [6.45, 7) is 4.75. The first kappa shape index (κ1) is 16.5. The largest absolute Gasteiger partial charge is 0.465 e. The van der Waals surface area contributed by atoms with Gasteiger partial charge >= 0.3 is 11.9 Å². The van der Waals surface area contributed by atoms with Crippen LogP contribution in [0.1, 0.15) is 49.6 Å². The standard InChI is InChI=1S/C16H17NO6/c1-8-12(16(20)21-4)9(2)17-13(8)14(18)10(3)23-15(19)11-6-5-7-22-11/h5-7,10,17H,1-4H3/t10-/m1/s1. The van der Waals surface area contributed by atoms with E-state index in [1.807, 2.05) is 0 Å². The second-order valence-corrected chi connectivity index (χ2v) is 5.01. The van der Waals surface area contributed by atoms with Gasteiger partial charge < -0.3 is 18.9 Å². The van der Waals surface area contributed by atoms with Gasteiger partial charge in [-0.05, 0) is 38.5 Å². The number of H-pyrrole nitrogens is 1. The number of methoxy groups -OCH3 is 1. The van der Waals surface area contributed by atoms with Crippen molar-refractivity contribution < 1.29 is 28.3 Å². The first-order valence-electron chi connectivity index (χ1n) is 6.93. The minimum atomic E-state index is -1.03. The molecular weight excluding hydrogens is 302 g/mol. The summed E-state index contributed by atoms with van der Waals surface area (Å²) in [7, 11) is 1.27. The zero-order valence-corrected chi connectivity index (χ0v) is 13.3. The van der Waals surface area contributed by atoms with E-state index in [9.17, 15) is 14.4 Å². The molecule has 0 aliphatic heterocycles. The van der Waals surface area contributed by atoms with E-state index in [0.29, 0.717) is 16.8 Å². The molecule has 1 N–H and O–H groups in total. The lowest BCUT2D eigenvalue weighted by atomic mass is 10.1. The monoisotopic (exact) mass is 319 g/mol. The molecule has 2 rings (SSSR count). The molecule has 0 spiro atoms. The normalized spacial score (nSPS) is 11.8. The third-order valence-corrected chi connectivity index (χ3v) is 3.45. The van der Waals surface area contributed by atoms with Crippen molar-refractivity contribution in [2.24, 2.45) is 0 Å². The summed E-state index contributed by atoms with van der Waals surface area (Å²) in [6.07, 6.45) is 0.305. The highest BCUT2D eigenvalue weighted by molar-refractivity contribution is 6.04. The van der Waals surface area contributed by atoms with E-state index in [1.165, 1.54) is 26.4 Å². The second kappa shape index (κ2) is 6.51. The number of esters is 2. The van der Waals surface area contributed by atoms with Gasteiger partial charge in [-0.2, -0.15) is 0 Å². The fourth-order valence-electron chi connectivity index (χ4n) is 2.27. The smallest absolute Gasteiger partial charge is 0.374 e. The molecule has 2 heterocycles. The molecule has 0 aliphatic carbocycles. The van der Waals surface area contributed by atoms with Crippen molar-refractivity contribution in [1.29, 1.82) is 0 Å². The summed E-state index contributed by atoms with van der Waals surface area (Å²) in [6, 6.07) is 2.99.